The van der Waals surface area contributed by atoms with Crippen LogP contribution in [-0.2, 0) is 10.3 Å². The second-order valence-corrected chi connectivity index (χ2v) is 9.72. The van der Waals surface area contributed by atoms with Crippen LogP contribution in [0.25, 0.3) is 5.52 Å². The molecule has 32 heavy (non-hydrogen) atoms. The Morgan fingerprint density at radius 1 is 1.28 bits per heavy atom. The van der Waals surface area contributed by atoms with Gasteiger partial charge in [-0.2, -0.15) is 10.2 Å². The lowest BCUT2D eigenvalue weighted by molar-refractivity contribution is 0.0967. The number of rotatable bonds is 6. The number of hydrogen-bond donors (Lipinski definition) is 4. The number of anilines is 2. The van der Waals surface area contributed by atoms with Crippen LogP contribution < -0.4 is 10.6 Å². The second kappa shape index (κ2) is 6.93. The Hall–Kier alpha value is -3.14. The molecule has 168 valence electrons. The van der Waals surface area contributed by atoms with E-state index in [4.69, 9.17) is 4.74 Å². The number of ether oxygens (including phenoxy) is 1. The van der Waals surface area contributed by atoms with Gasteiger partial charge in [0.2, 0.25) is 0 Å². The molecule has 0 aliphatic heterocycles. The van der Waals surface area contributed by atoms with Crippen LogP contribution >= 0.6 is 0 Å². The van der Waals surface area contributed by atoms with Crippen LogP contribution in [0.15, 0.2) is 24.5 Å². The van der Waals surface area contributed by atoms with Crippen molar-refractivity contribution in [1.82, 2.24) is 30.1 Å². The van der Waals surface area contributed by atoms with Gasteiger partial charge in [-0.15, -0.1) is 0 Å². The molecule has 4 N–H and O–H groups in total. The third-order valence-corrected chi connectivity index (χ3v) is 6.94. The number of carbonyl (C=O) groups excluding carboxylic acids is 1. The van der Waals surface area contributed by atoms with Crippen LogP contribution in [0.1, 0.15) is 69.2 Å². The maximum absolute atomic E-state index is 12.1. The van der Waals surface area contributed by atoms with Gasteiger partial charge in [0.15, 0.2) is 11.6 Å². The summed E-state index contributed by atoms with van der Waals surface area (Å²) in [5, 5.41) is 28.6. The number of aliphatic hydroxyl groups is 1. The number of fused-ring (bicyclic) bond motifs is 1. The molecule has 0 radical (unpaired) electrons. The van der Waals surface area contributed by atoms with E-state index >= 15 is 0 Å². The molecule has 3 aromatic heterocycles. The van der Waals surface area contributed by atoms with Gasteiger partial charge in [-0.05, 0) is 57.9 Å². The van der Waals surface area contributed by atoms with E-state index in [2.05, 4.69) is 30.9 Å². The molecule has 3 aliphatic rings. The molecule has 10 nitrogen and oxygen atoms in total. The quantitative estimate of drug-likeness (QED) is 0.466. The fourth-order valence-electron chi connectivity index (χ4n) is 4.42. The first-order valence-corrected chi connectivity index (χ1v) is 11.3. The van der Waals surface area contributed by atoms with Crippen LogP contribution in [-0.4, -0.2) is 47.6 Å². The van der Waals surface area contributed by atoms with Gasteiger partial charge in [-0.1, -0.05) is 0 Å². The summed E-state index contributed by atoms with van der Waals surface area (Å²) < 4.78 is 7.35. The molecule has 3 aliphatic carbocycles. The van der Waals surface area contributed by atoms with Crippen LogP contribution in [0.5, 0.6) is 0 Å². The molecule has 0 spiro atoms. The Morgan fingerprint density at radius 2 is 2.12 bits per heavy atom. The van der Waals surface area contributed by atoms with Crippen molar-refractivity contribution in [2.75, 3.05) is 5.32 Å². The number of nitrogens with zero attached hydrogens (tertiary/aromatic N) is 4. The van der Waals surface area contributed by atoms with E-state index in [1.165, 1.54) is 0 Å². The second-order valence-electron chi connectivity index (χ2n) is 9.72. The van der Waals surface area contributed by atoms with E-state index in [-0.39, 0.29) is 23.7 Å². The van der Waals surface area contributed by atoms with Crippen molar-refractivity contribution in [3.8, 4) is 0 Å². The summed E-state index contributed by atoms with van der Waals surface area (Å²) in [6.45, 7) is 2.04. The van der Waals surface area contributed by atoms with Gasteiger partial charge >= 0.3 is 6.09 Å². The van der Waals surface area contributed by atoms with Gasteiger partial charge in [-0.3, -0.25) is 5.10 Å². The molecule has 1 amide bonds. The van der Waals surface area contributed by atoms with Crippen LogP contribution in [0, 0.1) is 0 Å². The van der Waals surface area contributed by atoms with Gasteiger partial charge in [0.1, 0.15) is 17.2 Å². The summed E-state index contributed by atoms with van der Waals surface area (Å²) in [5.41, 5.74) is 1.62. The number of H-pyrrole nitrogens is 1. The van der Waals surface area contributed by atoms with Crippen LogP contribution in [0.2, 0.25) is 0 Å². The zero-order valence-corrected chi connectivity index (χ0v) is 18.0. The normalized spacial score (nSPS) is 24.9. The van der Waals surface area contributed by atoms with E-state index in [0.717, 1.165) is 56.2 Å². The van der Waals surface area contributed by atoms with Gasteiger partial charge < -0.3 is 20.5 Å². The van der Waals surface area contributed by atoms with E-state index in [1.807, 2.05) is 19.1 Å². The fourth-order valence-corrected chi connectivity index (χ4v) is 4.42. The number of hydrogen-bond acceptors (Lipinski definition) is 7. The number of amides is 1. The van der Waals surface area contributed by atoms with Crippen molar-refractivity contribution in [2.45, 2.75) is 75.0 Å². The van der Waals surface area contributed by atoms with Gasteiger partial charge in [0.05, 0.1) is 5.69 Å². The SMILES string of the molecule is CC1(NC(=O)O[C@@H]2CC[C@H](c3cc(Nc4nccn5nc(C6(O)CC6)cc45)n[nH]3)C2)CC1. The van der Waals surface area contributed by atoms with Gasteiger partial charge in [-0.25, -0.2) is 14.3 Å². The standard InChI is InChI=1S/C22H27N7O3/c1-21(4-5-21)25-20(30)32-14-3-2-13(10-14)15-11-18(27-26-15)24-19-16-12-17(22(31)6-7-22)28-29(16)9-8-23-19/h8-9,11-14,31H,2-7,10H2,1H3,(H,25,30)(H2,23,24,26,27)/t13-,14+/m0/s1. The maximum Gasteiger partial charge on any atom is 0.407 e. The number of carbonyl (C=O) groups is 1. The number of aromatic amines is 1. The molecular formula is C22H27N7O3. The summed E-state index contributed by atoms with van der Waals surface area (Å²) >= 11 is 0. The molecule has 3 aromatic rings. The van der Waals surface area contributed by atoms with Crippen molar-refractivity contribution in [2.24, 2.45) is 0 Å². The van der Waals surface area contributed by atoms with E-state index in [9.17, 15) is 9.90 Å². The minimum atomic E-state index is -0.794. The monoisotopic (exact) mass is 437 g/mol. The predicted molar refractivity (Wildman–Crippen MR) is 116 cm³/mol. The van der Waals surface area contributed by atoms with Gasteiger partial charge in [0.25, 0.3) is 0 Å². The summed E-state index contributed by atoms with van der Waals surface area (Å²) in [4.78, 5) is 16.5. The van der Waals surface area contributed by atoms with Crippen molar-refractivity contribution < 1.29 is 14.6 Å². The molecule has 0 bridgehead atoms. The smallest absolute Gasteiger partial charge is 0.407 e. The summed E-state index contributed by atoms with van der Waals surface area (Å²) in [6.07, 6.45) is 9.14. The highest BCUT2D eigenvalue weighted by Gasteiger charge is 2.44. The molecule has 10 heteroatoms. The zero-order valence-electron chi connectivity index (χ0n) is 18.0. The minimum absolute atomic E-state index is 0.0668. The Labute approximate surface area is 184 Å². The first kappa shape index (κ1) is 19.5. The van der Waals surface area contributed by atoms with Gasteiger partial charge in [0, 0.05) is 35.6 Å². The summed E-state index contributed by atoms with van der Waals surface area (Å²) in [7, 11) is 0. The van der Waals surface area contributed by atoms with Crippen molar-refractivity contribution >= 4 is 23.2 Å². The molecule has 3 heterocycles. The molecule has 2 atom stereocenters. The Morgan fingerprint density at radius 3 is 2.91 bits per heavy atom. The highest BCUT2D eigenvalue weighted by atomic mass is 16.6. The number of aromatic nitrogens is 5. The molecular weight excluding hydrogens is 410 g/mol. The maximum atomic E-state index is 12.1. The largest absolute Gasteiger partial charge is 0.446 e. The van der Waals surface area contributed by atoms with E-state index in [0.29, 0.717) is 17.3 Å². The average Bonchev–Trinajstić information content (AvgIpc) is 3.41. The molecule has 0 saturated heterocycles. The lowest BCUT2D eigenvalue weighted by atomic mass is 10.0. The lowest BCUT2D eigenvalue weighted by Gasteiger charge is -2.16. The van der Waals surface area contributed by atoms with Crippen molar-refractivity contribution in [1.29, 1.82) is 0 Å². The Balaban J connectivity index is 1.11. The highest BCUT2D eigenvalue weighted by Crippen LogP contribution is 2.45. The first-order valence-electron chi connectivity index (χ1n) is 11.3. The molecule has 3 fully saturated rings. The summed E-state index contributed by atoms with van der Waals surface area (Å²) in [6, 6.07) is 3.86. The van der Waals surface area contributed by atoms with Crippen molar-refractivity contribution in [3.63, 3.8) is 0 Å². The zero-order chi connectivity index (χ0) is 21.9. The minimum Gasteiger partial charge on any atom is -0.446 e. The topological polar surface area (TPSA) is 129 Å². The molecule has 3 saturated carbocycles. The van der Waals surface area contributed by atoms with E-state index < -0.39 is 5.60 Å². The third-order valence-electron chi connectivity index (χ3n) is 6.94. The predicted octanol–water partition coefficient (Wildman–Crippen LogP) is 3.09. The number of alkyl carbamates (subject to hydrolysis) is 1. The fraction of sp³-hybridized carbons (Fsp3) is 0.545. The van der Waals surface area contributed by atoms with Crippen molar-refractivity contribution in [3.05, 3.63) is 35.9 Å². The molecule has 6 rings (SSSR count). The van der Waals surface area contributed by atoms with Crippen LogP contribution in [0.3, 0.4) is 0 Å². The third kappa shape index (κ3) is 3.68. The Kier molecular flexibility index (Phi) is 4.23. The first-order chi connectivity index (χ1) is 15.4. The molecule has 0 aromatic carbocycles. The average molecular weight is 438 g/mol. The summed E-state index contributed by atoms with van der Waals surface area (Å²) in [5.74, 6) is 1.56. The van der Waals surface area contributed by atoms with Crippen LogP contribution in [0.4, 0.5) is 16.4 Å². The lowest BCUT2D eigenvalue weighted by Crippen LogP contribution is -2.36. The highest BCUT2D eigenvalue weighted by molar-refractivity contribution is 5.72. The number of nitrogens with one attached hydrogen (secondary N) is 3. The Bertz CT molecular complexity index is 1180. The molecule has 0 unspecified atom stereocenters. The van der Waals surface area contributed by atoms with E-state index in [1.54, 1.807) is 16.9 Å².